The number of fused-ring (bicyclic) bond motifs is 3. The van der Waals surface area contributed by atoms with E-state index in [1.165, 1.54) is 10.9 Å². The Bertz CT molecular complexity index is 843. The quantitative estimate of drug-likeness (QED) is 0.631. The van der Waals surface area contributed by atoms with Gasteiger partial charge in [0.2, 0.25) is 4.80 Å². The smallest absolute Gasteiger partial charge is 0.343 e. The number of ether oxygens (including phenoxy) is 1. The Morgan fingerprint density at radius 3 is 3.05 bits per heavy atom. The second-order valence-corrected chi connectivity index (χ2v) is 4.86. The van der Waals surface area contributed by atoms with Gasteiger partial charge in [0.1, 0.15) is 5.56 Å². The summed E-state index contributed by atoms with van der Waals surface area (Å²) in [5, 5.41) is 18.8. The van der Waals surface area contributed by atoms with E-state index in [2.05, 4.69) is 26.1 Å². The van der Waals surface area contributed by atoms with Crippen LogP contribution in [0.2, 0.25) is 0 Å². The number of anilines is 2. The molecule has 0 atom stereocenters. The standard InChI is InChI=1S/C10H9N7O3S/c1-2-20-9(19)4-3-12-17-6(4)14-13-5-7(18)15-16-10(11)21-8(5)17/h3,11,13-14H,2H2,1H3. The number of esters is 1. The fourth-order valence-corrected chi connectivity index (χ4v) is 2.48. The van der Waals surface area contributed by atoms with Crippen molar-refractivity contribution in [2.75, 3.05) is 17.5 Å². The third-order valence-electron chi connectivity index (χ3n) is 2.62. The fraction of sp³-hybridized carbons (Fsp3) is 0.200. The highest BCUT2D eigenvalue weighted by Gasteiger charge is 2.26. The van der Waals surface area contributed by atoms with Crippen LogP contribution in [0.1, 0.15) is 17.3 Å². The van der Waals surface area contributed by atoms with Crippen LogP contribution in [0.3, 0.4) is 0 Å². The van der Waals surface area contributed by atoms with Gasteiger partial charge in [0, 0.05) is 0 Å². The predicted octanol–water partition coefficient (Wildman–Crippen LogP) is -0.507. The third kappa shape index (κ3) is 2.12. The Morgan fingerprint density at radius 1 is 1.48 bits per heavy atom. The fourth-order valence-electron chi connectivity index (χ4n) is 1.75. The molecule has 108 valence electrons. The minimum atomic E-state index is -0.633. The van der Waals surface area contributed by atoms with Crippen molar-refractivity contribution in [1.29, 1.82) is 5.41 Å². The number of rotatable bonds is 2. The van der Waals surface area contributed by atoms with Gasteiger partial charge in [-0.3, -0.25) is 21.1 Å². The molecule has 1 aliphatic heterocycles. The van der Waals surface area contributed by atoms with Crippen LogP contribution in [0.25, 0.3) is 5.00 Å². The van der Waals surface area contributed by atoms with E-state index in [1.54, 1.807) is 6.92 Å². The molecule has 10 nitrogen and oxygen atoms in total. The van der Waals surface area contributed by atoms with Crippen LogP contribution < -0.4 is 21.2 Å². The van der Waals surface area contributed by atoms with Crippen LogP contribution >= 0.6 is 11.3 Å². The number of aromatic nitrogens is 4. The summed E-state index contributed by atoms with van der Waals surface area (Å²) >= 11 is 0.904. The molecule has 0 saturated heterocycles. The highest BCUT2D eigenvalue weighted by Crippen LogP contribution is 2.28. The van der Waals surface area contributed by atoms with Gasteiger partial charge in [0.15, 0.2) is 16.5 Å². The first-order valence-corrected chi connectivity index (χ1v) is 6.67. The van der Waals surface area contributed by atoms with Gasteiger partial charge in [-0.05, 0) is 6.92 Å². The Labute approximate surface area is 120 Å². The lowest BCUT2D eigenvalue weighted by atomic mass is 10.3. The Balaban J connectivity index is 2.22. The number of carbonyl (C=O) groups excluding carboxylic acids is 1. The molecule has 3 N–H and O–H groups in total. The zero-order chi connectivity index (χ0) is 15.0. The number of hydrogen-bond acceptors (Lipinski definition) is 10. The summed E-state index contributed by atoms with van der Waals surface area (Å²) in [6.07, 6.45) is 1.33. The summed E-state index contributed by atoms with van der Waals surface area (Å²) in [6, 6.07) is 0. The van der Waals surface area contributed by atoms with Crippen molar-refractivity contribution in [3.63, 3.8) is 0 Å². The van der Waals surface area contributed by atoms with Crippen molar-refractivity contribution in [2.45, 2.75) is 6.92 Å². The largest absolute Gasteiger partial charge is 0.462 e. The van der Waals surface area contributed by atoms with Gasteiger partial charge in [-0.25, -0.2) is 9.48 Å². The van der Waals surface area contributed by atoms with Gasteiger partial charge in [-0.1, -0.05) is 11.3 Å². The normalized spacial score (nSPS) is 11.7. The highest BCUT2D eigenvalue weighted by atomic mass is 32.1. The number of nitrogens with one attached hydrogen (secondary N) is 3. The van der Waals surface area contributed by atoms with Crippen LogP contribution in [0, 0.1) is 5.41 Å². The minimum absolute atomic E-state index is 0.108. The second kappa shape index (κ2) is 4.94. The van der Waals surface area contributed by atoms with Crippen LogP contribution in [0.5, 0.6) is 0 Å². The molecular weight excluding hydrogens is 298 g/mol. The molecular formula is C10H9N7O3S. The molecule has 0 aliphatic carbocycles. The molecule has 0 bridgehead atoms. The summed E-state index contributed by atoms with van der Waals surface area (Å²) < 4.78 is 6.27. The van der Waals surface area contributed by atoms with Crippen molar-refractivity contribution in [2.24, 2.45) is 0 Å². The summed E-state index contributed by atoms with van der Waals surface area (Å²) in [5.41, 5.74) is 5.05. The number of nitrogens with zero attached hydrogens (tertiary/aromatic N) is 4. The second-order valence-electron chi connectivity index (χ2n) is 3.88. The first-order chi connectivity index (χ1) is 10.1. The maximum Gasteiger partial charge on any atom is 0.343 e. The average molecular weight is 307 g/mol. The Morgan fingerprint density at radius 2 is 2.29 bits per heavy atom. The van der Waals surface area contributed by atoms with Crippen LogP contribution in [-0.2, 0) is 4.74 Å². The summed E-state index contributed by atoms with van der Waals surface area (Å²) in [4.78, 5) is 23.4. The van der Waals surface area contributed by atoms with E-state index in [1.807, 2.05) is 0 Å². The van der Waals surface area contributed by atoms with Crippen molar-refractivity contribution < 1.29 is 9.53 Å². The molecule has 11 heteroatoms. The van der Waals surface area contributed by atoms with E-state index in [9.17, 15) is 9.59 Å². The molecule has 0 amide bonds. The SMILES string of the molecule is CCOC(=O)c1cnn2c1NNc1c-2sc(=N)nnc1=O. The van der Waals surface area contributed by atoms with E-state index in [0.29, 0.717) is 10.8 Å². The number of hydrogen-bond donors (Lipinski definition) is 3. The van der Waals surface area contributed by atoms with Crippen molar-refractivity contribution in [1.82, 2.24) is 20.0 Å². The molecule has 2 aromatic rings. The first kappa shape index (κ1) is 13.2. The van der Waals surface area contributed by atoms with Gasteiger partial charge in [-0.15, -0.1) is 10.2 Å². The molecule has 3 heterocycles. The number of hydrazine groups is 1. The molecule has 0 spiro atoms. The molecule has 21 heavy (non-hydrogen) atoms. The summed E-state index contributed by atoms with van der Waals surface area (Å²) in [7, 11) is 0. The van der Waals surface area contributed by atoms with Gasteiger partial charge in [-0.2, -0.15) is 5.10 Å². The van der Waals surface area contributed by atoms with E-state index in [-0.39, 0.29) is 22.7 Å². The maximum absolute atomic E-state index is 11.8. The van der Waals surface area contributed by atoms with Gasteiger partial charge in [0.05, 0.1) is 12.8 Å². The average Bonchev–Trinajstić information content (AvgIpc) is 2.83. The molecule has 3 rings (SSSR count). The van der Waals surface area contributed by atoms with Crippen molar-refractivity contribution >= 4 is 28.8 Å². The molecule has 0 radical (unpaired) electrons. The number of carbonyl (C=O) groups is 1. The molecule has 0 unspecified atom stereocenters. The molecule has 0 saturated carbocycles. The van der Waals surface area contributed by atoms with Crippen molar-refractivity contribution in [3.05, 3.63) is 26.9 Å². The molecule has 2 aromatic heterocycles. The van der Waals surface area contributed by atoms with Crippen LogP contribution in [0.15, 0.2) is 11.0 Å². The van der Waals surface area contributed by atoms with E-state index < -0.39 is 11.5 Å². The van der Waals surface area contributed by atoms with Crippen LogP contribution in [-0.4, -0.2) is 32.6 Å². The lowest BCUT2D eigenvalue weighted by molar-refractivity contribution is 0.0527. The maximum atomic E-state index is 11.8. The first-order valence-electron chi connectivity index (χ1n) is 5.86. The molecule has 0 aromatic carbocycles. The van der Waals surface area contributed by atoms with E-state index >= 15 is 0 Å². The topological polar surface area (TPSA) is 135 Å². The highest BCUT2D eigenvalue weighted by molar-refractivity contribution is 7.11. The monoisotopic (exact) mass is 307 g/mol. The molecule has 1 aliphatic rings. The lowest BCUT2D eigenvalue weighted by Crippen LogP contribution is -2.26. The van der Waals surface area contributed by atoms with Gasteiger partial charge < -0.3 is 4.74 Å². The van der Waals surface area contributed by atoms with Crippen molar-refractivity contribution in [3.8, 4) is 5.00 Å². The van der Waals surface area contributed by atoms with E-state index in [0.717, 1.165) is 11.3 Å². The third-order valence-corrected chi connectivity index (χ3v) is 3.46. The summed E-state index contributed by atoms with van der Waals surface area (Å²) in [5.74, 6) is -0.214. The summed E-state index contributed by atoms with van der Waals surface area (Å²) in [6.45, 7) is 1.94. The van der Waals surface area contributed by atoms with Crippen LogP contribution in [0.4, 0.5) is 11.5 Å². The van der Waals surface area contributed by atoms with Gasteiger partial charge >= 0.3 is 11.5 Å². The predicted molar refractivity (Wildman–Crippen MR) is 72.4 cm³/mol. The zero-order valence-electron chi connectivity index (χ0n) is 10.7. The Kier molecular flexibility index (Phi) is 3.10. The Hall–Kier alpha value is -2.82. The van der Waals surface area contributed by atoms with Gasteiger partial charge in [0.25, 0.3) is 0 Å². The lowest BCUT2D eigenvalue weighted by Gasteiger charge is -2.18. The molecule has 0 fully saturated rings. The zero-order valence-corrected chi connectivity index (χ0v) is 11.5. The minimum Gasteiger partial charge on any atom is -0.462 e. The van der Waals surface area contributed by atoms with E-state index in [4.69, 9.17) is 10.1 Å².